The largest absolute Gasteiger partial charge is 0.393 e. The summed E-state index contributed by atoms with van der Waals surface area (Å²) in [6.07, 6.45) is 2.14. The van der Waals surface area contributed by atoms with Gasteiger partial charge in [-0.2, -0.15) is 0 Å². The average Bonchev–Trinajstić information content (AvgIpc) is 2.81. The van der Waals surface area contributed by atoms with Gasteiger partial charge in [-0.05, 0) is 59.4 Å². The van der Waals surface area contributed by atoms with Gasteiger partial charge in [0, 0.05) is 5.92 Å². The third kappa shape index (κ3) is 4.55. The second-order valence-electron chi connectivity index (χ2n) is 8.74. The number of aliphatic hydroxyl groups is 1. The van der Waals surface area contributed by atoms with E-state index in [0.29, 0.717) is 6.42 Å². The van der Waals surface area contributed by atoms with Crippen molar-refractivity contribution in [2.24, 2.45) is 11.8 Å². The molecule has 0 aromatic heterocycles. The van der Waals surface area contributed by atoms with Crippen LogP contribution in [0.2, 0.25) is 0 Å². The number of allylic oxidation sites excluding steroid dienone is 1. The first-order valence-electron chi connectivity index (χ1n) is 11.1. The van der Waals surface area contributed by atoms with Gasteiger partial charge in [-0.1, -0.05) is 97.9 Å². The summed E-state index contributed by atoms with van der Waals surface area (Å²) in [4.78, 5) is 14.0. The molecule has 3 aromatic rings. The fourth-order valence-corrected chi connectivity index (χ4v) is 5.15. The van der Waals surface area contributed by atoms with E-state index < -0.39 is 6.10 Å². The maximum absolute atomic E-state index is 14.0. The number of hydrogen-bond donors (Lipinski definition) is 1. The molecule has 0 radical (unpaired) electrons. The molecule has 0 amide bonds. The summed E-state index contributed by atoms with van der Waals surface area (Å²) >= 11 is 0. The molecule has 31 heavy (non-hydrogen) atoms. The monoisotopic (exact) mass is 410 g/mol. The number of rotatable bonds is 5. The van der Waals surface area contributed by atoms with E-state index in [-0.39, 0.29) is 29.5 Å². The van der Waals surface area contributed by atoms with E-state index in [4.69, 9.17) is 0 Å². The topological polar surface area (TPSA) is 37.3 Å². The van der Waals surface area contributed by atoms with Crippen LogP contribution in [0.3, 0.4) is 0 Å². The van der Waals surface area contributed by atoms with Gasteiger partial charge in [0.05, 0.1) is 6.10 Å². The van der Waals surface area contributed by atoms with Crippen LogP contribution in [0.5, 0.6) is 0 Å². The SMILES string of the molecule is C/C(=C\c1ccccc1)C(=O)[C@@H]1[C@H](c2ccccc2)[C@H](C)[C@H](O)C[C@@H]1c1ccccc1. The van der Waals surface area contributed by atoms with Crippen LogP contribution in [0.15, 0.2) is 96.6 Å². The van der Waals surface area contributed by atoms with Crippen LogP contribution in [0.25, 0.3) is 6.08 Å². The molecule has 1 aliphatic carbocycles. The maximum atomic E-state index is 14.0. The quantitative estimate of drug-likeness (QED) is 0.505. The lowest BCUT2D eigenvalue weighted by molar-refractivity contribution is -0.123. The highest BCUT2D eigenvalue weighted by Crippen LogP contribution is 2.50. The fourth-order valence-electron chi connectivity index (χ4n) is 5.15. The molecule has 1 fully saturated rings. The molecule has 0 heterocycles. The molecule has 3 aromatic carbocycles. The van der Waals surface area contributed by atoms with Crippen molar-refractivity contribution < 1.29 is 9.90 Å². The first-order chi connectivity index (χ1) is 15.1. The number of benzene rings is 3. The van der Waals surface area contributed by atoms with Gasteiger partial charge in [0.2, 0.25) is 0 Å². The normalized spacial score (nSPS) is 26.4. The minimum atomic E-state index is -0.446. The van der Waals surface area contributed by atoms with Crippen molar-refractivity contribution in [3.8, 4) is 0 Å². The van der Waals surface area contributed by atoms with E-state index in [1.54, 1.807) is 0 Å². The molecule has 0 bridgehead atoms. The van der Waals surface area contributed by atoms with Gasteiger partial charge in [0.1, 0.15) is 0 Å². The van der Waals surface area contributed by atoms with Gasteiger partial charge in [-0.25, -0.2) is 0 Å². The van der Waals surface area contributed by atoms with Crippen molar-refractivity contribution in [1.82, 2.24) is 0 Å². The van der Waals surface area contributed by atoms with Gasteiger partial charge in [0.25, 0.3) is 0 Å². The summed E-state index contributed by atoms with van der Waals surface area (Å²) in [6, 6.07) is 30.4. The predicted octanol–water partition coefficient (Wildman–Crippen LogP) is 6.24. The first-order valence-corrected chi connectivity index (χ1v) is 11.1. The van der Waals surface area contributed by atoms with Gasteiger partial charge < -0.3 is 5.11 Å². The zero-order valence-corrected chi connectivity index (χ0v) is 18.2. The Kier molecular flexibility index (Phi) is 6.48. The van der Waals surface area contributed by atoms with Crippen molar-refractivity contribution in [1.29, 1.82) is 0 Å². The molecule has 0 saturated heterocycles. The summed E-state index contributed by atoms with van der Waals surface area (Å²) in [5.74, 6) is -0.111. The predicted molar refractivity (Wildman–Crippen MR) is 127 cm³/mol. The molecule has 0 unspecified atom stereocenters. The van der Waals surface area contributed by atoms with Crippen molar-refractivity contribution in [3.63, 3.8) is 0 Å². The second-order valence-corrected chi connectivity index (χ2v) is 8.74. The van der Waals surface area contributed by atoms with E-state index >= 15 is 0 Å². The van der Waals surface area contributed by atoms with Crippen LogP contribution in [-0.2, 0) is 4.79 Å². The van der Waals surface area contributed by atoms with E-state index in [2.05, 4.69) is 31.2 Å². The molecule has 1 N–H and O–H groups in total. The summed E-state index contributed by atoms with van der Waals surface area (Å²) in [7, 11) is 0. The molecule has 0 aliphatic heterocycles. The standard InChI is InChI=1S/C29H30O2/c1-20(18-22-12-6-3-7-13-22)29(31)28-25(23-14-8-4-9-15-23)19-26(30)21(2)27(28)24-16-10-5-11-17-24/h3-18,21,25-28,30H,19H2,1-2H3/b20-18+/t21-,25-,26-,27+,28+/m1/s1. The zero-order chi connectivity index (χ0) is 21.8. The fraction of sp³-hybridized carbons (Fsp3) is 0.276. The molecule has 1 saturated carbocycles. The van der Waals surface area contributed by atoms with E-state index in [0.717, 1.165) is 22.3 Å². The number of carbonyl (C=O) groups excluding carboxylic acids is 1. The van der Waals surface area contributed by atoms with Crippen LogP contribution < -0.4 is 0 Å². The summed E-state index contributed by atoms with van der Waals surface area (Å²) in [5, 5.41) is 11.0. The summed E-state index contributed by atoms with van der Waals surface area (Å²) < 4.78 is 0. The van der Waals surface area contributed by atoms with Gasteiger partial charge in [0.15, 0.2) is 5.78 Å². The molecule has 158 valence electrons. The molecule has 2 heteroatoms. The minimum Gasteiger partial charge on any atom is -0.393 e. The van der Waals surface area contributed by atoms with E-state index in [1.165, 1.54) is 0 Å². The third-order valence-corrected chi connectivity index (χ3v) is 6.78. The van der Waals surface area contributed by atoms with Crippen molar-refractivity contribution in [3.05, 3.63) is 113 Å². The lowest BCUT2D eigenvalue weighted by atomic mass is 9.60. The van der Waals surface area contributed by atoms with E-state index in [1.807, 2.05) is 79.7 Å². The zero-order valence-electron chi connectivity index (χ0n) is 18.2. The Morgan fingerprint density at radius 2 is 1.35 bits per heavy atom. The summed E-state index contributed by atoms with van der Waals surface area (Å²) in [5.41, 5.74) is 4.05. The number of aliphatic hydroxyl groups excluding tert-OH is 1. The van der Waals surface area contributed by atoms with E-state index in [9.17, 15) is 9.90 Å². The van der Waals surface area contributed by atoms with Gasteiger partial charge in [-0.15, -0.1) is 0 Å². The van der Waals surface area contributed by atoms with Crippen LogP contribution in [0.4, 0.5) is 0 Å². The van der Waals surface area contributed by atoms with Crippen LogP contribution in [-0.4, -0.2) is 17.0 Å². The number of ketones is 1. The molecular weight excluding hydrogens is 380 g/mol. The number of Topliss-reactive ketones (excluding diaryl/α,β-unsaturated/α-hetero) is 1. The van der Waals surface area contributed by atoms with Gasteiger partial charge >= 0.3 is 0 Å². The highest BCUT2D eigenvalue weighted by Gasteiger charge is 2.46. The van der Waals surface area contributed by atoms with Crippen LogP contribution >= 0.6 is 0 Å². The smallest absolute Gasteiger partial charge is 0.162 e. The molecule has 1 aliphatic rings. The Labute approximate surface area is 185 Å². The Balaban J connectivity index is 1.80. The molecule has 2 nitrogen and oxygen atoms in total. The number of hydrogen-bond acceptors (Lipinski definition) is 2. The van der Waals surface area contributed by atoms with Crippen LogP contribution in [0, 0.1) is 11.8 Å². The molecule has 4 rings (SSSR count). The molecule has 5 atom stereocenters. The van der Waals surface area contributed by atoms with Crippen molar-refractivity contribution in [2.75, 3.05) is 0 Å². The highest BCUT2D eigenvalue weighted by molar-refractivity contribution is 6.01. The first kappa shape index (κ1) is 21.3. The maximum Gasteiger partial charge on any atom is 0.162 e. The average molecular weight is 411 g/mol. The van der Waals surface area contributed by atoms with Crippen LogP contribution in [0.1, 0.15) is 48.8 Å². The summed E-state index contributed by atoms with van der Waals surface area (Å²) in [6.45, 7) is 4.01. The lowest BCUT2D eigenvalue weighted by Gasteiger charge is -2.44. The third-order valence-electron chi connectivity index (χ3n) is 6.78. The van der Waals surface area contributed by atoms with Gasteiger partial charge in [-0.3, -0.25) is 4.79 Å². The Bertz CT molecular complexity index is 1020. The van der Waals surface area contributed by atoms with Crippen molar-refractivity contribution in [2.45, 2.75) is 38.2 Å². The second kappa shape index (κ2) is 9.45. The Hall–Kier alpha value is -2.97. The highest BCUT2D eigenvalue weighted by atomic mass is 16.3. The lowest BCUT2D eigenvalue weighted by Crippen LogP contribution is -2.43. The molecule has 0 spiro atoms. The Morgan fingerprint density at radius 1 is 0.839 bits per heavy atom. The Morgan fingerprint density at radius 3 is 1.94 bits per heavy atom. The minimum absolute atomic E-state index is 0.000775. The van der Waals surface area contributed by atoms with Crippen molar-refractivity contribution >= 4 is 11.9 Å². The number of carbonyl (C=O) groups is 1. The molecular formula is C29H30O2.